The van der Waals surface area contributed by atoms with Crippen molar-refractivity contribution in [1.82, 2.24) is 0 Å². The van der Waals surface area contributed by atoms with E-state index in [2.05, 4.69) is 21.2 Å². The number of para-hydroxylation sites is 1. The number of carbonyl (C=O) groups excluding carboxylic acids is 2. The van der Waals surface area contributed by atoms with Gasteiger partial charge < -0.3 is 15.0 Å². The van der Waals surface area contributed by atoms with Crippen molar-refractivity contribution < 1.29 is 22.7 Å². The highest BCUT2D eigenvalue weighted by atomic mass is 79.9. The Morgan fingerprint density at radius 1 is 0.941 bits per heavy atom. The molecule has 3 aromatic rings. The van der Waals surface area contributed by atoms with Crippen LogP contribution < -0.4 is 19.3 Å². The Morgan fingerprint density at radius 2 is 1.53 bits per heavy atom. The average Bonchev–Trinajstić information content (AvgIpc) is 2.83. The van der Waals surface area contributed by atoms with Crippen LogP contribution in [-0.4, -0.2) is 40.9 Å². The van der Waals surface area contributed by atoms with Crippen molar-refractivity contribution in [3.8, 4) is 5.75 Å². The molecule has 0 fully saturated rings. The molecule has 34 heavy (non-hydrogen) atoms. The average molecular weight is 546 g/mol. The predicted octanol–water partition coefficient (Wildman–Crippen LogP) is 4.27. The predicted molar refractivity (Wildman–Crippen MR) is 136 cm³/mol. The second-order valence-corrected chi connectivity index (χ2v) is 10.0. The van der Waals surface area contributed by atoms with Crippen molar-refractivity contribution >= 4 is 54.8 Å². The van der Waals surface area contributed by atoms with Crippen molar-refractivity contribution in [1.29, 1.82) is 0 Å². The van der Waals surface area contributed by atoms with Gasteiger partial charge in [0.15, 0.2) is 0 Å². The fourth-order valence-corrected chi connectivity index (χ4v) is 4.90. The molecule has 10 heteroatoms. The second kappa shape index (κ2) is 10.7. The van der Waals surface area contributed by atoms with Gasteiger partial charge >= 0.3 is 0 Å². The first-order chi connectivity index (χ1) is 16.1. The highest BCUT2D eigenvalue weighted by Gasteiger charge is 2.28. The van der Waals surface area contributed by atoms with Crippen LogP contribution in [0, 0.1) is 0 Å². The van der Waals surface area contributed by atoms with Gasteiger partial charge in [-0.1, -0.05) is 12.1 Å². The van der Waals surface area contributed by atoms with Gasteiger partial charge in [-0.05, 0) is 76.6 Å². The van der Waals surface area contributed by atoms with E-state index in [1.807, 2.05) is 0 Å². The minimum atomic E-state index is -4.12. The Hall–Kier alpha value is -3.37. The number of hydrogen-bond donors (Lipinski definition) is 1. The van der Waals surface area contributed by atoms with Gasteiger partial charge in [0.25, 0.3) is 10.0 Å². The quantitative estimate of drug-likeness (QED) is 0.455. The minimum absolute atomic E-state index is 0.0160. The van der Waals surface area contributed by atoms with Crippen LogP contribution in [0.5, 0.6) is 5.75 Å². The van der Waals surface area contributed by atoms with Gasteiger partial charge in [-0.15, -0.1) is 0 Å². The maximum Gasteiger partial charge on any atom is 0.264 e. The molecule has 1 N–H and O–H groups in total. The number of carbonyl (C=O) groups is 2. The number of rotatable bonds is 8. The standard InChI is InChI=1S/C24H24BrN3O5S/c1-17(29)27(2)18-10-14-21(15-11-18)34(31,32)28(19-8-12-20(33-3)13-9-19)16-24(30)26-23-7-5-4-6-22(23)25/h4-15H,16H2,1-3H3,(H,26,30). The molecule has 0 aliphatic rings. The number of nitrogens with zero attached hydrogens (tertiary/aromatic N) is 2. The van der Waals surface area contributed by atoms with Crippen molar-refractivity contribution in [2.24, 2.45) is 0 Å². The molecule has 3 rings (SSSR count). The van der Waals surface area contributed by atoms with E-state index in [9.17, 15) is 18.0 Å². The maximum absolute atomic E-state index is 13.6. The zero-order chi connectivity index (χ0) is 24.9. The number of methoxy groups -OCH3 is 1. The molecule has 0 spiro atoms. The highest BCUT2D eigenvalue weighted by molar-refractivity contribution is 9.10. The van der Waals surface area contributed by atoms with Crippen LogP contribution in [0.1, 0.15) is 6.92 Å². The molecule has 178 valence electrons. The molecular weight excluding hydrogens is 522 g/mol. The third-order valence-electron chi connectivity index (χ3n) is 5.08. The lowest BCUT2D eigenvalue weighted by molar-refractivity contribution is -0.116. The van der Waals surface area contributed by atoms with E-state index in [-0.39, 0.29) is 10.8 Å². The Labute approximate surface area is 207 Å². The van der Waals surface area contributed by atoms with Gasteiger partial charge in [0.05, 0.1) is 23.4 Å². The van der Waals surface area contributed by atoms with Gasteiger partial charge in [-0.3, -0.25) is 13.9 Å². The molecule has 2 amide bonds. The first-order valence-corrected chi connectivity index (χ1v) is 12.4. The molecule has 0 saturated carbocycles. The Kier molecular flexibility index (Phi) is 7.95. The van der Waals surface area contributed by atoms with E-state index in [4.69, 9.17) is 4.74 Å². The third kappa shape index (κ3) is 5.75. The van der Waals surface area contributed by atoms with E-state index in [0.29, 0.717) is 27.3 Å². The zero-order valence-electron chi connectivity index (χ0n) is 18.9. The summed E-state index contributed by atoms with van der Waals surface area (Å²) in [5, 5.41) is 2.73. The molecule has 0 atom stereocenters. The normalized spacial score (nSPS) is 10.9. The lowest BCUT2D eigenvalue weighted by Crippen LogP contribution is -2.38. The monoisotopic (exact) mass is 545 g/mol. The lowest BCUT2D eigenvalue weighted by Gasteiger charge is -2.25. The number of nitrogens with one attached hydrogen (secondary N) is 1. The molecular formula is C24H24BrN3O5S. The highest BCUT2D eigenvalue weighted by Crippen LogP contribution is 2.28. The molecule has 0 aromatic heterocycles. The number of hydrogen-bond acceptors (Lipinski definition) is 5. The summed E-state index contributed by atoms with van der Waals surface area (Å²) in [5.41, 5.74) is 1.37. The molecule has 0 aliphatic heterocycles. The molecule has 8 nitrogen and oxygen atoms in total. The first-order valence-electron chi connectivity index (χ1n) is 10.2. The number of ether oxygens (including phenoxy) is 1. The zero-order valence-corrected chi connectivity index (χ0v) is 21.3. The number of anilines is 3. The molecule has 0 heterocycles. The smallest absolute Gasteiger partial charge is 0.264 e. The van der Waals surface area contributed by atoms with Crippen molar-refractivity contribution in [2.45, 2.75) is 11.8 Å². The SMILES string of the molecule is COc1ccc(N(CC(=O)Nc2ccccc2Br)S(=O)(=O)c2ccc(N(C)C(C)=O)cc2)cc1. The Balaban J connectivity index is 1.95. The molecule has 0 saturated heterocycles. The molecule has 0 bridgehead atoms. The van der Waals surface area contributed by atoms with Gasteiger partial charge in [0, 0.05) is 24.1 Å². The third-order valence-corrected chi connectivity index (χ3v) is 7.56. The summed E-state index contributed by atoms with van der Waals surface area (Å²) in [6.45, 7) is 0.963. The van der Waals surface area contributed by atoms with Crippen LogP contribution in [0.4, 0.5) is 17.1 Å². The summed E-state index contributed by atoms with van der Waals surface area (Å²) in [5.74, 6) is -0.145. The largest absolute Gasteiger partial charge is 0.497 e. The number of benzene rings is 3. The topological polar surface area (TPSA) is 96.0 Å². The molecule has 3 aromatic carbocycles. The number of sulfonamides is 1. The van der Waals surface area contributed by atoms with E-state index in [0.717, 1.165) is 4.31 Å². The van der Waals surface area contributed by atoms with Crippen LogP contribution in [0.2, 0.25) is 0 Å². The number of amides is 2. The summed E-state index contributed by atoms with van der Waals surface area (Å²) in [6.07, 6.45) is 0. The summed E-state index contributed by atoms with van der Waals surface area (Å²) in [6, 6.07) is 19.3. The van der Waals surface area contributed by atoms with Crippen molar-refractivity contribution in [3.05, 3.63) is 77.3 Å². The van der Waals surface area contributed by atoms with Gasteiger partial charge in [0.1, 0.15) is 12.3 Å². The summed E-state index contributed by atoms with van der Waals surface area (Å²) >= 11 is 3.37. The fraction of sp³-hybridized carbons (Fsp3) is 0.167. The van der Waals surface area contributed by atoms with Crippen LogP contribution in [-0.2, 0) is 19.6 Å². The maximum atomic E-state index is 13.6. The van der Waals surface area contributed by atoms with E-state index in [1.165, 1.54) is 31.1 Å². The van der Waals surface area contributed by atoms with Crippen molar-refractivity contribution in [3.63, 3.8) is 0 Å². The van der Waals surface area contributed by atoms with Gasteiger partial charge in [-0.2, -0.15) is 0 Å². The van der Waals surface area contributed by atoms with Crippen molar-refractivity contribution in [2.75, 3.05) is 35.2 Å². The van der Waals surface area contributed by atoms with Crippen LogP contribution >= 0.6 is 15.9 Å². The molecule has 0 radical (unpaired) electrons. The first kappa shape index (κ1) is 25.3. The summed E-state index contributed by atoms with van der Waals surface area (Å²) in [4.78, 5) is 25.9. The summed E-state index contributed by atoms with van der Waals surface area (Å²) in [7, 11) is -1.01. The summed E-state index contributed by atoms with van der Waals surface area (Å²) < 4.78 is 34.0. The van der Waals surface area contributed by atoms with Gasteiger partial charge in [-0.25, -0.2) is 8.42 Å². The molecule has 0 aliphatic carbocycles. The van der Waals surface area contributed by atoms with Crippen LogP contribution in [0.3, 0.4) is 0 Å². The van der Waals surface area contributed by atoms with E-state index in [1.54, 1.807) is 67.7 Å². The minimum Gasteiger partial charge on any atom is -0.497 e. The number of halogens is 1. The molecule has 0 unspecified atom stereocenters. The van der Waals surface area contributed by atoms with Crippen LogP contribution in [0.15, 0.2) is 82.2 Å². The second-order valence-electron chi connectivity index (χ2n) is 7.31. The Bertz CT molecular complexity index is 1280. The lowest BCUT2D eigenvalue weighted by atomic mass is 10.3. The van der Waals surface area contributed by atoms with Gasteiger partial charge in [0.2, 0.25) is 11.8 Å². The Morgan fingerprint density at radius 3 is 2.09 bits per heavy atom. The van der Waals surface area contributed by atoms with E-state index >= 15 is 0 Å². The van der Waals surface area contributed by atoms with E-state index < -0.39 is 22.5 Å². The van der Waals surface area contributed by atoms with Crippen LogP contribution in [0.25, 0.3) is 0 Å². The fourth-order valence-electron chi connectivity index (χ4n) is 3.10.